The molecule has 1 heterocycles. The van der Waals surface area contributed by atoms with Gasteiger partial charge in [-0.15, -0.1) is 0 Å². The predicted molar refractivity (Wildman–Crippen MR) is 93.2 cm³/mol. The van der Waals surface area contributed by atoms with Crippen LogP contribution < -0.4 is 5.32 Å². The number of amides is 1. The van der Waals surface area contributed by atoms with Crippen molar-refractivity contribution in [3.8, 4) is 0 Å². The third-order valence-electron chi connectivity index (χ3n) is 4.49. The van der Waals surface area contributed by atoms with Crippen LogP contribution in [0.3, 0.4) is 0 Å². The van der Waals surface area contributed by atoms with Gasteiger partial charge >= 0.3 is 5.97 Å². The highest BCUT2D eigenvalue weighted by Crippen LogP contribution is 2.29. The van der Waals surface area contributed by atoms with Crippen molar-refractivity contribution in [2.75, 3.05) is 6.61 Å². The molecule has 3 rings (SSSR count). The quantitative estimate of drug-likeness (QED) is 0.878. The van der Waals surface area contributed by atoms with E-state index in [4.69, 9.17) is 4.74 Å². The number of ether oxygens (including phenoxy) is 1. The fourth-order valence-electron chi connectivity index (χ4n) is 3.25. The fraction of sp³-hybridized carbons (Fsp3) is 0.300. The minimum absolute atomic E-state index is 0.176. The second-order valence-corrected chi connectivity index (χ2v) is 6.22. The van der Waals surface area contributed by atoms with Gasteiger partial charge in [-0.05, 0) is 35.6 Å². The lowest BCUT2D eigenvalue weighted by Crippen LogP contribution is -2.37. The molecule has 1 aliphatic heterocycles. The van der Waals surface area contributed by atoms with Crippen LogP contribution in [0.2, 0.25) is 0 Å². The summed E-state index contributed by atoms with van der Waals surface area (Å²) < 4.78 is 5.68. The Hall–Kier alpha value is -2.66. The number of hydrogen-bond acceptors (Lipinski definition) is 3. The van der Waals surface area contributed by atoms with Gasteiger partial charge in [-0.1, -0.05) is 48.5 Å². The number of hydrogen-bond donors (Lipinski definition) is 2. The van der Waals surface area contributed by atoms with Crippen molar-refractivity contribution in [1.82, 2.24) is 5.32 Å². The van der Waals surface area contributed by atoms with Gasteiger partial charge in [0.15, 0.2) is 6.10 Å². The third kappa shape index (κ3) is 3.88. The molecule has 5 nitrogen and oxygen atoms in total. The van der Waals surface area contributed by atoms with Crippen LogP contribution in [0.5, 0.6) is 0 Å². The molecule has 0 radical (unpaired) electrons. The molecule has 2 aromatic rings. The summed E-state index contributed by atoms with van der Waals surface area (Å²) in [6.45, 7) is 2.38. The Morgan fingerprint density at radius 2 is 1.92 bits per heavy atom. The molecule has 0 fully saturated rings. The Labute approximate surface area is 146 Å². The maximum Gasteiger partial charge on any atom is 0.305 e. The molecule has 0 saturated carbocycles. The lowest BCUT2D eigenvalue weighted by Gasteiger charge is -2.27. The Balaban J connectivity index is 1.84. The van der Waals surface area contributed by atoms with Gasteiger partial charge in [-0.3, -0.25) is 9.59 Å². The summed E-state index contributed by atoms with van der Waals surface area (Å²) in [6, 6.07) is 14.6. The second-order valence-electron chi connectivity index (χ2n) is 6.22. The number of rotatable bonds is 5. The summed E-state index contributed by atoms with van der Waals surface area (Å²) in [6.07, 6.45) is -0.105. The minimum Gasteiger partial charge on any atom is -0.481 e. The third-order valence-corrected chi connectivity index (χ3v) is 4.49. The molecule has 0 bridgehead atoms. The molecule has 5 heteroatoms. The van der Waals surface area contributed by atoms with E-state index in [-0.39, 0.29) is 12.3 Å². The highest BCUT2D eigenvalue weighted by atomic mass is 16.5. The first-order chi connectivity index (χ1) is 12.1. The highest BCUT2D eigenvalue weighted by Gasteiger charge is 2.30. The maximum absolute atomic E-state index is 12.8. The molecule has 0 spiro atoms. The average molecular weight is 339 g/mol. The van der Waals surface area contributed by atoms with Crippen LogP contribution in [-0.4, -0.2) is 23.6 Å². The van der Waals surface area contributed by atoms with Crippen molar-refractivity contribution in [2.45, 2.75) is 31.9 Å². The van der Waals surface area contributed by atoms with Gasteiger partial charge in [-0.25, -0.2) is 0 Å². The maximum atomic E-state index is 12.8. The molecule has 2 atom stereocenters. The number of benzene rings is 2. The van der Waals surface area contributed by atoms with Crippen LogP contribution in [0.4, 0.5) is 0 Å². The van der Waals surface area contributed by atoms with E-state index in [0.717, 1.165) is 28.7 Å². The zero-order chi connectivity index (χ0) is 17.8. The van der Waals surface area contributed by atoms with E-state index in [1.54, 1.807) is 0 Å². The molecule has 0 aromatic heterocycles. The van der Waals surface area contributed by atoms with Gasteiger partial charge in [-0.2, -0.15) is 0 Å². The summed E-state index contributed by atoms with van der Waals surface area (Å²) in [4.78, 5) is 24.1. The molecule has 0 unspecified atom stereocenters. The number of nitrogens with one attached hydrogen (secondary N) is 1. The molecule has 1 amide bonds. The van der Waals surface area contributed by atoms with Gasteiger partial charge in [0.05, 0.1) is 19.1 Å². The predicted octanol–water partition coefficient (Wildman–Crippen LogP) is 2.94. The summed E-state index contributed by atoms with van der Waals surface area (Å²) in [5, 5.41) is 12.1. The summed E-state index contributed by atoms with van der Waals surface area (Å²) >= 11 is 0. The van der Waals surface area contributed by atoms with Crippen molar-refractivity contribution in [3.05, 3.63) is 70.8 Å². The van der Waals surface area contributed by atoms with Crippen molar-refractivity contribution in [3.63, 3.8) is 0 Å². The lowest BCUT2D eigenvalue weighted by atomic mass is 9.95. The van der Waals surface area contributed by atoms with E-state index in [9.17, 15) is 14.7 Å². The van der Waals surface area contributed by atoms with E-state index >= 15 is 0 Å². The van der Waals surface area contributed by atoms with E-state index in [0.29, 0.717) is 6.61 Å². The zero-order valence-electron chi connectivity index (χ0n) is 14.1. The van der Waals surface area contributed by atoms with E-state index in [2.05, 4.69) is 5.32 Å². The van der Waals surface area contributed by atoms with Crippen LogP contribution in [-0.2, 0) is 20.7 Å². The van der Waals surface area contributed by atoms with Gasteiger partial charge < -0.3 is 15.2 Å². The Morgan fingerprint density at radius 3 is 2.68 bits per heavy atom. The zero-order valence-corrected chi connectivity index (χ0v) is 14.1. The smallest absolute Gasteiger partial charge is 0.305 e. The molecule has 2 aromatic carbocycles. The number of carbonyl (C=O) groups is 2. The fourth-order valence-corrected chi connectivity index (χ4v) is 3.25. The Morgan fingerprint density at radius 1 is 1.20 bits per heavy atom. The standard InChI is InChI=1S/C20H21NO4/c1-13-6-2-4-8-15(13)17(12-18(22)23)21-20(24)19-16-9-5-3-7-14(16)10-11-25-19/h2-9,17,19H,10-12H2,1H3,(H,21,24)(H,22,23)/t17-,19+/m0/s1. The topological polar surface area (TPSA) is 75.6 Å². The molecular formula is C20H21NO4. The summed E-state index contributed by atoms with van der Waals surface area (Å²) in [5.41, 5.74) is 3.70. The molecule has 2 N–H and O–H groups in total. The first-order valence-electron chi connectivity index (χ1n) is 8.33. The van der Waals surface area contributed by atoms with E-state index in [1.165, 1.54) is 0 Å². The van der Waals surface area contributed by atoms with Gasteiger partial charge in [0.2, 0.25) is 0 Å². The molecule has 130 valence electrons. The van der Waals surface area contributed by atoms with Crippen molar-refractivity contribution in [2.24, 2.45) is 0 Å². The number of carboxylic acids is 1. The van der Waals surface area contributed by atoms with Crippen molar-refractivity contribution >= 4 is 11.9 Å². The number of carboxylic acid groups (broad SMARTS) is 1. The monoisotopic (exact) mass is 339 g/mol. The summed E-state index contributed by atoms with van der Waals surface area (Å²) in [5.74, 6) is -1.26. The molecule has 0 saturated heterocycles. The Bertz CT molecular complexity index is 787. The number of fused-ring (bicyclic) bond motifs is 1. The van der Waals surface area contributed by atoms with E-state index in [1.807, 2.05) is 55.5 Å². The van der Waals surface area contributed by atoms with Gasteiger partial charge in [0, 0.05) is 0 Å². The van der Waals surface area contributed by atoms with Gasteiger partial charge in [0.1, 0.15) is 0 Å². The largest absolute Gasteiger partial charge is 0.481 e. The first-order valence-corrected chi connectivity index (χ1v) is 8.33. The van der Waals surface area contributed by atoms with Gasteiger partial charge in [0.25, 0.3) is 5.91 Å². The van der Waals surface area contributed by atoms with Crippen LogP contribution in [0.25, 0.3) is 0 Å². The number of aliphatic carboxylic acids is 1. The second kappa shape index (κ2) is 7.49. The van der Waals surface area contributed by atoms with Crippen LogP contribution in [0.15, 0.2) is 48.5 Å². The van der Waals surface area contributed by atoms with Crippen LogP contribution in [0, 0.1) is 6.92 Å². The minimum atomic E-state index is -0.960. The molecule has 0 aliphatic carbocycles. The average Bonchev–Trinajstić information content (AvgIpc) is 2.60. The molecular weight excluding hydrogens is 318 g/mol. The Kier molecular flexibility index (Phi) is 5.14. The van der Waals surface area contributed by atoms with E-state index < -0.39 is 18.1 Å². The normalized spacial score (nSPS) is 17.4. The SMILES string of the molecule is Cc1ccccc1[C@H](CC(=O)O)NC(=O)[C@@H]1OCCc2ccccc21. The van der Waals surface area contributed by atoms with Crippen LogP contribution >= 0.6 is 0 Å². The van der Waals surface area contributed by atoms with Crippen molar-refractivity contribution < 1.29 is 19.4 Å². The molecule has 1 aliphatic rings. The highest BCUT2D eigenvalue weighted by molar-refractivity contribution is 5.84. The number of carbonyl (C=O) groups excluding carboxylic acids is 1. The van der Waals surface area contributed by atoms with Crippen molar-refractivity contribution in [1.29, 1.82) is 0 Å². The van der Waals surface area contributed by atoms with Crippen LogP contribution in [0.1, 0.15) is 40.8 Å². The number of aryl methyl sites for hydroxylation is 1. The summed E-state index contributed by atoms with van der Waals surface area (Å²) in [7, 11) is 0. The lowest BCUT2D eigenvalue weighted by molar-refractivity contribution is -0.139. The first kappa shape index (κ1) is 17.2. The molecule has 25 heavy (non-hydrogen) atoms.